The van der Waals surface area contributed by atoms with Gasteiger partial charge in [-0.3, -0.25) is 5.01 Å². The molecule has 0 heterocycles. The standard InChI is InChI=1S/C15H22ClN3/c1-11(18-19(3)13-6-4-5-7-13)14-10-12(16)8-9-15(14)17-2/h8-10,13,17H,4-7H2,1-3H3/b18-11-. The molecule has 0 radical (unpaired) electrons. The topological polar surface area (TPSA) is 27.6 Å². The van der Waals surface area contributed by atoms with Gasteiger partial charge in [-0.1, -0.05) is 24.4 Å². The molecule has 1 aromatic rings. The molecule has 0 aromatic heterocycles. The van der Waals surface area contributed by atoms with Crippen LogP contribution in [0.4, 0.5) is 5.69 Å². The first-order chi connectivity index (χ1) is 9.11. The molecule has 1 saturated carbocycles. The molecule has 0 bridgehead atoms. The number of halogens is 1. The highest BCUT2D eigenvalue weighted by molar-refractivity contribution is 6.31. The van der Waals surface area contributed by atoms with E-state index in [0.29, 0.717) is 6.04 Å². The van der Waals surface area contributed by atoms with Crippen LogP contribution in [0.2, 0.25) is 5.02 Å². The number of rotatable bonds is 4. The van der Waals surface area contributed by atoms with Crippen molar-refractivity contribution in [1.82, 2.24) is 5.01 Å². The van der Waals surface area contributed by atoms with Gasteiger partial charge in [0.05, 0.1) is 5.71 Å². The molecule has 0 amide bonds. The van der Waals surface area contributed by atoms with Crippen LogP contribution in [0.1, 0.15) is 38.2 Å². The maximum absolute atomic E-state index is 6.09. The molecule has 0 atom stereocenters. The highest BCUT2D eigenvalue weighted by Crippen LogP contribution is 2.24. The number of nitrogens with zero attached hydrogens (tertiary/aromatic N) is 2. The smallest absolute Gasteiger partial charge is 0.0667 e. The molecule has 1 aromatic carbocycles. The van der Waals surface area contributed by atoms with Crippen molar-refractivity contribution in [3.05, 3.63) is 28.8 Å². The molecule has 1 aliphatic carbocycles. The van der Waals surface area contributed by atoms with Crippen molar-refractivity contribution < 1.29 is 0 Å². The number of hydrogen-bond acceptors (Lipinski definition) is 3. The quantitative estimate of drug-likeness (QED) is 0.667. The molecule has 1 N–H and O–H groups in total. The lowest BCUT2D eigenvalue weighted by molar-refractivity contribution is 0.257. The van der Waals surface area contributed by atoms with Crippen LogP contribution in [0.25, 0.3) is 0 Å². The van der Waals surface area contributed by atoms with Gasteiger partial charge in [0.1, 0.15) is 0 Å². The molecule has 1 aliphatic rings. The monoisotopic (exact) mass is 279 g/mol. The molecule has 1 fully saturated rings. The van der Waals surface area contributed by atoms with Crippen LogP contribution < -0.4 is 5.32 Å². The first kappa shape index (κ1) is 14.2. The summed E-state index contributed by atoms with van der Waals surface area (Å²) in [6.07, 6.45) is 5.15. The third-order valence-corrected chi connectivity index (χ3v) is 4.04. The Balaban J connectivity index is 2.22. The Morgan fingerprint density at radius 1 is 1.37 bits per heavy atom. The van der Waals surface area contributed by atoms with Crippen molar-refractivity contribution in [2.45, 2.75) is 38.6 Å². The van der Waals surface area contributed by atoms with Gasteiger partial charge in [-0.2, -0.15) is 5.10 Å². The largest absolute Gasteiger partial charge is 0.388 e. The second-order valence-corrected chi connectivity index (χ2v) is 5.57. The number of hydrogen-bond donors (Lipinski definition) is 1. The zero-order valence-electron chi connectivity index (χ0n) is 11.9. The Bertz CT molecular complexity index is 464. The molecule has 3 nitrogen and oxygen atoms in total. The number of nitrogens with one attached hydrogen (secondary N) is 1. The minimum atomic E-state index is 0.590. The van der Waals surface area contributed by atoms with Gasteiger partial charge in [-0.25, -0.2) is 0 Å². The zero-order valence-corrected chi connectivity index (χ0v) is 12.7. The molecule has 2 rings (SSSR count). The Morgan fingerprint density at radius 2 is 2.05 bits per heavy atom. The lowest BCUT2D eigenvalue weighted by Crippen LogP contribution is -2.25. The van der Waals surface area contributed by atoms with Crippen LogP contribution in [0.3, 0.4) is 0 Å². The molecule has 0 spiro atoms. The molecule has 0 saturated heterocycles. The summed E-state index contributed by atoms with van der Waals surface area (Å²) < 4.78 is 0. The number of benzene rings is 1. The summed E-state index contributed by atoms with van der Waals surface area (Å²) >= 11 is 6.09. The van der Waals surface area contributed by atoms with E-state index in [0.717, 1.165) is 22.0 Å². The van der Waals surface area contributed by atoms with Crippen LogP contribution in [0.5, 0.6) is 0 Å². The van der Waals surface area contributed by atoms with E-state index < -0.39 is 0 Å². The fraction of sp³-hybridized carbons (Fsp3) is 0.533. The van der Waals surface area contributed by atoms with E-state index in [1.807, 2.05) is 32.2 Å². The molecular weight excluding hydrogens is 258 g/mol. The second kappa shape index (κ2) is 6.29. The van der Waals surface area contributed by atoms with Crippen molar-refractivity contribution >= 4 is 23.0 Å². The molecule has 19 heavy (non-hydrogen) atoms. The maximum Gasteiger partial charge on any atom is 0.0667 e. The van der Waals surface area contributed by atoms with Gasteiger partial charge in [0, 0.05) is 36.4 Å². The summed E-state index contributed by atoms with van der Waals surface area (Å²) in [7, 11) is 3.99. The lowest BCUT2D eigenvalue weighted by atomic mass is 10.1. The Kier molecular flexibility index (Phi) is 4.70. The predicted octanol–water partition coefficient (Wildman–Crippen LogP) is 3.98. The Hall–Kier alpha value is -1.22. The van der Waals surface area contributed by atoms with Crippen molar-refractivity contribution in [2.24, 2.45) is 5.10 Å². The SMILES string of the molecule is CNc1ccc(Cl)cc1/C(C)=N\N(C)C1CCCC1. The fourth-order valence-electron chi connectivity index (χ4n) is 2.68. The second-order valence-electron chi connectivity index (χ2n) is 5.14. The predicted molar refractivity (Wildman–Crippen MR) is 83.2 cm³/mol. The van der Waals surface area contributed by atoms with Gasteiger partial charge in [0.25, 0.3) is 0 Å². The van der Waals surface area contributed by atoms with E-state index in [1.165, 1.54) is 25.7 Å². The summed E-state index contributed by atoms with van der Waals surface area (Å²) in [5.41, 5.74) is 3.13. The summed E-state index contributed by atoms with van der Waals surface area (Å²) in [6, 6.07) is 6.44. The van der Waals surface area contributed by atoms with Gasteiger partial charge in [0.2, 0.25) is 0 Å². The Labute approximate surface area is 120 Å². The highest BCUT2D eigenvalue weighted by Gasteiger charge is 2.19. The molecule has 0 aliphatic heterocycles. The van der Waals surface area contributed by atoms with Crippen LogP contribution in [-0.2, 0) is 0 Å². The first-order valence-corrected chi connectivity index (χ1v) is 7.25. The van der Waals surface area contributed by atoms with Gasteiger partial charge >= 0.3 is 0 Å². The normalized spacial score (nSPS) is 16.7. The summed E-state index contributed by atoms with van der Waals surface area (Å²) in [4.78, 5) is 0. The minimum Gasteiger partial charge on any atom is -0.388 e. The third-order valence-electron chi connectivity index (χ3n) is 3.80. The van der Waals surface area contributed by atoms with E-state index in [4.69, 9.17) is 16.7 Å². The van der Waals surface area contributed by atoms with E-state index in [9.17, 15) is 0 Å². The van der Waals surface area contributed by atoms with E-state index in [1.54, 1.807) is 0 Å². The van der Waals surface area contributed by atoms with Crippen molar-refractivity contribution in [2.75, 3.05) is 19.4 Å². The number of anilines is 1. The van der Waals surface area contributed by atoms with Gasteiger partial charge in [0.15, 0.2) is 0 Å². The number of hydrazone groups is 1. The molecule has 0 unspecified atom stereocenters. The lowest BCUT2D eigenvalue weighted by Gasteiger charge is -2.22. The van der Waals surface area contributed by atoms with Crippen molar-refractivity contribution in [1.29, 1.82) is 0 Å². The Morgan fingerprint density at radius 3 is 2.68 bits per heavy atom. The zero-order chi connectivity index (χ0) is 13.8. The minimum absolute atomic E-state index is 0.590. The van der Waals surface area contributed by atoms with E-state index >= 15 is 0 Å². The molecular formula is C15H22ClN3. The third kappa shape index (κ3) is 3.41. The van der Waals surface area contributed by atoms with Crippen molar-refractivity contribution in [3.8, 4) is 0 Å². The average Bonchev–Trinajstić information content (AvgIpc) is 2.92. The fourth-order valence-corrected chi connectivity index (χ4v) is 2.86. The van der Waals surface area contributed by atoms with Crippen LogP contribution in [-0.4, -0.2) is 30.9 Å². The first-order valence-electron chi connectivity index (χ1n) is 6.87. The average molecular weight is 280 g/mol. The van der Waals surface area contributed by atoms with E-state index in [2.05, 4.69) is 17.4 Å². The summed E-state index contributed by atoms with van der Waals surface area (Å²) in [5.74, 6) is 0. The summed E-state index contributed by atoms with van der Waals surface area (Å²) in [6.45, 7) is 2.04. The maximum atomic E-state index is 6.09. The summed E-state index contributed by atoms with van der Waals surface area (Å²) in [5, 5.41) is 10.8. The van der Waals surface area contributed by atoms with Gasteiger partial charge in [-0.05, 0) is 38.0 Å². The van der Waals surface area contributed by atoms with Gasteiger partial charge < -0.3 is 5.32 Å². The van der Waals surface area contributed by atoms with Crippen LogP contribution in [0.15, 0.2) is 23.3 Å². The highest BCUT2D eigenvalue weighted by atomic mass is 35.5. The van der Waals surface area contributed by atoms with Crippen LogP contribution >= 0.6 is 11.6 Å². The van der Waals surface area contributed by atoms with Crippen LogP contribution in [0, 0.1) is 0 Å². The van der Waals surface area contributed by atoms with E-state index in [-0.39, 0.29) is 0 Å². The van der Waals surface area contributed by atoms with Crippen molar-refractivity contribution in [3.63, 3.8) is 0 Å². The molecule has 104 valence electrons. The van der Waals surface area contributed by atoms with Gasteiger partial charge in [-0.15, -0.1) is 0 Å². The molecule has 4 heteroatoms.